The maximum absolute atomic E-state index is 4.01. The Morgan fingerprint density at radius 3 is 1.87 bits per heavy atom. The average Bonchev–Trinajstić information content (AvgIpc) is 2.30. The van der Waals surface area contributed by atoms with Gasteiger partial charge in [-0.25, -0.2) is 0 Å². The highest BCUT2D eigenvalue weighted by atomic mass is 14.6. The van der Waals surface area contributed by atoms with E-state index in [0.29, 0.717) is 6.04 Å². The zero-order valence-electron chi connectivity index (χ0n) is 8.98. The Morgan fingerprint density at radius 2 is 1.33 bits per heavy atom. The number of quaternary nitrogens is 1. The van der Waals surface area contributed by atoms with Gasteiger partial charge in [-0.3, -0.25) is 0 Å². The molecule has 3 N–H and O–H groups in total. The molecule has 1 heteroatoms. The fraction of sp³-hybridized carbons (Fsp3) is 0.143. The van der Waals surface area contributed by atoms with Crippen LogP contribution in [0, 0.1) is 0 Å². The highest BCUT2D eigenvalue weighted by Crippen LogP contribution is 2.20. The second-order valence-corrected chi connectivity index (χ2v) is 3.89. The molecular weight excluding hydrogens is 182 g/mol. The smallest absolute Gasteiger partial charge is 0.107 e. The third-order valence-electron chi connectivity index (χ3n) is 2.59. The van der Waals surface area contributed by atoms with E-state index in [1.54, 1.807) is 0 Å². The van der Waals surface area contributed by atoms with Crippen molar-refractivity contribution in [2.45, 2.75) is 13.0 Å². The summed E-state index contributed by atoms with van der Waals surface area (Å²) in [5.74, 6) is 0. The van der Waals surface area contributed by atoms with E-state index in [1.165, 1.54) is 16.7 Å². The van der Waals surface area contributed by atoms with Crippen LogP contribution in [0.5, 0.6) is 0 Å². The quantitative estimate of drug-likeness (QED) is 0.768. The van der Waals surface area contributed by atoms with Crippen LogP contribution in [0.1, 0.15) is 18.5 Å². The Kier molecular flexibility index (Phi) is 2.84. The Morgan fingerprint density at radius 1 is 0.800 bits per heavy atom. The zero-order valence-corrected chi connectivity index (χ0v) is 8.98. The molecule has 76 valence electrons. The minimum absolute atomic E-state index is 0.356. The van der Waals surface area contributed by atoms with Gasteiger partial charge in [0.25, 0.3) is 0 Å². The second-order valence-electron chi connectivity index (χ2n) is 3.89. The molecule has 0 aromatic heterocycles. The van der Waals surface area contributed by atoms with E-state index in [0.717, 1.165) is 0 Å². The Hall–Kier alpha value is -1.60. The van der Waals surface area contributed by atoms with Crippen LogP contribution in [0.3, 0.4) is 0 Å². The zero-order chi connectivity index (χ0) is 10.7. The molecule has 1 nitrogen and oxygen atoms in total. The van der Waals surface area contributed by atoms with Crippen LogP contribution in [-0.2, 0) is 0 Å². The van der Waals surface area contributed by atoms with Crippen molar-refractivity contribution in [1.29, 1.82) is 0 Å². The summed E-state index contributed by atoms with van der Waals surface area (Å²) in [7, 11) is 0. The molecule has 0 amide bonds. The minimum atomic E-state index is 0.356. The van der Waals surface area contributed by atoms with Gasteiger partial charge in [-0.05, 0) is 18.1 Å². The highest BCUT2D eigenvalue weighted by molar-refractivity contribution is 5.63. The van der Waals surface area contributed by atoms with E-state index in [2.05, 4.69) is 61.2 Å². The van der Waals surface area contributed by atoms with Gasteiger partial charge >= 0.3 is 0 Å². The van der Waals surface area contributed by atoms with Gasteiger partial charge in [0.2, 0.25) is 0 Å². The summed E-state index contributed by atoms with van der Waals surface area (Å²) in [5, 5.41) is 0. The summed E-state index contributed by atoms with van der Waals surface area (Å²) in [6.07, 6.45) is 0. The van der Waals surface area contributed by atoms with E-state index >= 15 is 0 Å². The largest absolute Gasteiger partial charge is 0.352 e. The molecule has 0 saturated heterocycles. The summed E-state index contributed by atoms with van der Waals surface area (Å²) in [6, 6.07) is 19.4. The summed E-state index contributed by atoms with van der Waals surface area (Å²) < 4.78 is 0. The normalized spacial score (nSPS) is 12.4. The maximum Gasteiger partial charge on any atom is 0.107 e. The predicted molar refractivity (Wildman–Crippen MR) is 63.2 cm³/mol. The lowest BCUT2D eigenvalue weighted by Gasteiger charge is -2.05. The number of hydrogen-bond donors (Lipinski definition) is 1. The van der Waals surface area contributed by atoms with Crippen LogP contribution in [0.15, 0.2) is 54.6 Å². The van der Waals surface area contributed by atoms with Crippen LogP contribution < -0.4 is 5.73 Å². The molecule has 0 saturated carbocycles. The highest BCUT2D eigenvalue weighted by Gasteiger charge is 2.02. The van der Waals surface area contributed by atoms with Gasteiger partial charge in [0, 0.05) is 5.56 Å². The SMILES string of the molecule is CC([NH3+])c1ccc(-c2ccccc2)cc1. The van der Waals surface area contributed by atoms with Crippen molar-refractivity contribution in [3.63, 3.8) is 0 Å². The van der Waals surface area contributed by atoms with Crippen molar-refractivity contribution >= 4 is 0 Å². The maximum atomic E-state index is 4.01. The van der Waals surface area contributed by atoms with Crippen molar-refractivity contribution < 1.29 is 5.73 Å². The van der Waals surface area contributed by atoms with Crippen LogP contribution in [-0.4, -0.2) is 0 Å². The van der Waals surface area contributed by atoms with Crippen LogP contribution >= 0.6 is 0 Å². The van der Waals surface area contributed by atoms with E-state index in [9.17, 15) is 0 Å². The number of rotatable bonds is 2. The molecule has 0 bridgehead atoms. The first-order valence-corrected chi connectivity index (χ1v) is 5.26. The fourth-order valence-corrected chi connectivity index (χ4v) is 1.63. The van der Waals surface area contributed by atoms with E-state index in [-0.39, 0.29) is 0 Å². The van der Waals surface area contributed by atoms with Gasteiger partial charge in [-0.15, -0.1) is 0 Å². The van der Waals surface area contributed by atoms with Gasteiger partial charge in [0.05, 0.1) is 0 Å². The molecule has 0 fully saturated rings. The second kappa shape index (κ2) is 4.28. The molecule has 2 aromatic rings. The van der Waals surface area contributed by atoms with Gasteiger partial charge < -0.3 is 5.73 Å². The molecule has 0 radical (unpaired) electrons. The lowest BCUT2D eigenvalue weighted by molar-refractivity contribution is -0.420. The van der Waals surface area contributed by atoms with Crippen molar-refractivity contribution in [3.05, 3.63) is 60.2 Å². The molecule has 0 aliphatic heterocycles. The first kappa shape index (κ1) is 9.94. The molecule has 0 spiro atoms. The first-order valence-electron chi connectivity index (χ1n) is 5.26. The Bertz CT molecular complexity index is 415. The van der Waals surface area contributed by atoms with Gasteiger partial charge in [0.1, 0.15) is 6.04 Å². The van der Waals surface area contributed by atoms with Crippen LogP contribution in [0.25, 0.3) is 11.1 Å². The molecule has 1 unspecified atom stereocenters. The lowest BCUT2D eigenvalue weighted by Crippen LogP contribution is -2.51. The molecule has 0 aliphatic carbocycles. The van der Waals surface area contributed by atoms with Gasteiger partial charge in [0.15, 0.2) is 0 Å². The van der Waals surface area contributed by atoms with Gasteiger partial charge in [-0.1, -0.05) is 54.6 Å². The Balaban J connectivity index is 2.32. The van der Waals surface area contributed by atoms with Crippen molar-refractivity contribution in [3.8, 4) is 11.1 Å². The first-order chi connectivity index (χ1) is 7.27. The van der Waals surface area contributed by atoms with E-state index in [4.69, 9.17) is 0 Å². The van der Waals surface area contributed by atoms with Crippen LogP contribution in [0.4, 0.5) is 0 Å². The number of benzene rings is 2. The molecule has 1 atom stereocenters. The summed E-state index contributed by atoms with van der Waals surface area (Å²) in [4.78, 5) is 0. The van der Waals surface area contributed by atoms with Crippen LogP contribution in [0.2, 0.25) is 0 Å². The predicted octanol–water partition coefficient (Wildman–Crippen LogP) is 2.66. The number of hydrogen-bond acceptors (Lipinski definition) is 0. The Labute approximate surface area is 90.6 Å². The monoisotopic (exact) mass is 198 g/mol. The molecule has 2 rings (SSSR count). The van der Waals surface area contributed by atoms with Gasteiger partial charge in [-0.2, -0.15) is 0 Å². The van der Waals surface area contributed by atoms with Crippen molar-refractivity contribution in [2.75, 3.05) is 0 Å². The summed E-state index contributed by atoms with van der Waals surface area (Å²) in [6.45, 7) is 2.11. The molecule has 0 heterocycles. The minimum Gasteiger partial charge on any atom is -0.352 e. The fourth-order valence-electron chi connectivity index (χ4n) is 1.63. The molecule has 15 heavy (non-hydrogen) atoms. The molecule has 2 aromatic carbocycles. The third-order valence-corrected chi connectivity index (χ3v) is 2.59. The standard InChI is InChI=1S/C14H15N/c1-11(15)12-7-9-14(10-8-12)13-5-3-2-4-6-13/h2-11H,15H2,1H3/p+1. The summed E-state index contributed by atoms with van der Waals surface area (Å²) in [5.41, 5.74) is 7.83. The summed E-state index contributed by atoms with van der Waals surface area (Å²) >= 11 is 0. The van der Waals surface area contributed by atoms with E-state index < -0.39 is 0 Å². The van der Waals surface area contributed by atoms with E-state index in [1.807, 2.05) is 6.07 Å². The lowest BCUT2D eigenvalue weighted by atomic mass is 10.0. The average molecular weight is 198 g/mol. The van der Waals surface area contributed by atoms with Crippen molar-refractivity contribution in [1.82, 2.24) is 0 Å². The molecule has 0 aliphatic rings. The topological polar surface area (TPSA) is 27.6 Å². The third kappa shape index (κ3) is 2.25. The molecular formula is C14H16N+. The van der Waals surface area contributed by atoms with Crippen molar-refractivity contribution in [2.24, 2.45) is 0 Å².